The van der Waals surface area contributed by atoms with Gasteiger partial charge in [0.05, 0.1) is 5.00 Å². The molecule has 6 heteroatoms. The first-order valence-electron chi connectivity index (χ1n) is 7.20. The molecular weight excluding hydrogens is 298 g/mol. The summed E-state index contributed by atoms with van der Waals surface area (Å²) < 4.78 is 0. The highest BCUT2D eigenvalue weighted by Gasteiger charge is 2.30. The molecule has 5 nitrogen and oxygen atoms in total. The predicted octanol–water partition coefficient (Wildman–Crippen LogP) is 2.34. The van der Waals surface area contributed by atoms with E-state index in [0.717, 1.165) is 9.88 Å². The molecule has 0 atom stereocenters. The number of rotatable bonds is 3. The number of carbonyl (C=O) groups is 2. The van der Waals surface area contributed by atoms with Crippen molar-refractivity contribution in [1.29, 1.82) is 5.26 Å². The lowest BCUT2D eigenvalue weighted by molar-refractivity contribution is -0.133. The van der Waals surface area contributed by atoms with E-state index in [9.17, 15) is 9.59 Å². The second-order valence-corrected chi connectivity index (χ2v) is 6.86. The van der Waals surface area contributed by atoms with Crippen molar-refractivity contribution in [3.05, 3.63) is 28.7 Å². The van der Waals surface area contributed by atoms with Crippen molar-refractivity contribution in [2.75, 3.05) is 24.5 Å². The molecule has 0 saturated carbocycles. The fourth-order valence-electron chi connectivity index (χ4n) is 2.31. The van der Waals surface area contributed by atoms with Crippen LogP contribution in [0.15, 0.2) is 23.8 Å². The molecule has 22 heavy (non-hydrogen) atoms. The summed E-state index contributed by atoms with van der Waals surface area (Å²) in [6, 6.07) is 5.84. The zero-order valence-corrected chi connectivity index (χ0v) is 13.8. The molecule has 2 heterocycles. The van der Waals surface area contributed by atoms with E-state index in [-0.39, 0.29) is 29.9 Å². The molecule has 0 unspecified atom stereocenters. The molecule has 1 aliphatic rings. The van der Waals surface area contributed by atoms with Crippen LogP contribution in [0.5, 0.6) is 0 Å². The van der Waals surface area contributed by atoms with Crippen molar-refractivity contribution in [2.24, 2.45) is 5.92 Å². The first kappa shape index (κ1) is 16.2. The Kier molecular flexibility index (Phi) is 4.99. The van der Waals surface area contributed by atoms with Crippen molar-refractivity contribution in [1.82, 2.24) is 4.90 Å². The number of amides is 2. The normalized spacial score (nSPS) is 16.1. The van der Waals surface area contributed by atoms with Gasteiger partial charge in [0.1, 0.15) is 18.2 Å². The number of nitriles is 1. The van der Waals surface area contributed by atoms with E-state index in [1.807, 2.05) is 39.0 Å². The highest BCUT2D eigenvalue weighted by Crippen LogP contribution is 2.27. The van der Waals surface area contributed by atoms with Gasteiger partial charge in [-0.15, -0.1) is 11.3 Å². The third kappa shape index (κ3) is 3.55. The lowest BCUT2D eigenvalue weighted by Gasteiger charge is -2.33. The highest BCUT2D eigenvalue weighted by molar-refractivity contribution is 7.16. The van der Waals surface area contributed by atoms with E-state index in [1.165, 1.54) is 4.90 Å². The number of carbonyl (C=O) groups excluding carboxylic acids is 2. The molecule has 2 amide bonds. The second-order valence-electron chi connectivity index (χ2n) is 5.59. The Morgan fingerprint density at radius 3 is 2.64 bits per heavy atom. The summed E-state index contributed by atoms with van der Waals surface area (Å²) in [6.45, 7) is 6.74. The quantitative estimate of drug-likeness (QED) is 0.635. The van der Waals surface area contributed by atoms with Crippen molar-refractivity contribution < 1.29 is 9.59 Å². The average Bonchev–Trinajstić information content (AvgIpc) is 2.90. The molecule has 0 aliphatic carbocycles. The number of piperazine rings is 1. The van der Waals surface area contributed by atoms with E-state index in [2.05, 4.69) is 0 Å². The number of aryl methyl sites for hydroxylation is 1. The minimum atomic E-state index is -0.355. The largest absolute Gasteiger partial charge is 0.327 e. The molecule has 1 saturated heterocycles. The topological polar surface area (TPSA) is 64.4 Å². The molecule has 0 N–H and O–H groups in total. The molecule has 1 fully saturated rings. The van der Waals surface area contributed by atoms with Gasteiger partial charge in [0.15, 0.2) is 0 Å². The summed E-state index contributed by atoms with van der Waals surface area (Å²) in [5.74, 6) is -0.348. The van der Waals surface area contributed by atoms with Crippen molar-refractivity contribution >= 4 is 28.2 Å². The SMILES string of the molecule is Cc1ccc(N2CCN(C(=O)/C(C#N)=C/C(C)C)CC2=O)s1. The van der Waals surface area contributed by atoms with E-state index < -0.39 is 0 Å². The molecule has 2 rings (SSSR count). The van der Waals surface area contributed by atoms with E-state index >= 15 is 0 Å². The van der Waals surface area contributed by atoms with Gasteiger partial charge in [0, 0.05) is 18.0 Å². The Bertz CT molecular complexity index is 655. The van der Waals surface area contributed by atoms with Gasteiger partial charge in [-0.25, -0.2) is 0 Å². The van der Waals surface area contributed by atoms with Gasteiger partial charge in [-0.1, -0.05) is 19.9 Å². The van der Waals surface area contributed by atoms with Crippen LogP contribution >= 0.6 is 11.3 Å². The van der Waals surface area contributed by atoms with Crippen LogP contribution in [0, 0.1) is 24.2 Å². The van der Waals surface area contributed by atoms with Crippen LogP contribution in [0.3, 0.4) is 0 Å². The fourth-order valence-corrected chi connectivity index (χ4v) is 3.21. The van der Waals surface area contributed by atoms with Crippen molar-refractivity contribution in [2.45, 2.75) is 20.8 Å². The summed E-state index contributed by atoms with van der Waals surface area (Å²) in [4.78, 5) is 28.9. The molecule has 1 aromatic rings. The maximum absolute atomic E-state index is 12.3. The fraction of sp³-hybridized carbons (Fsp3) is 0.438. The number of hydrogen-bond donors (Lipinski definition) is 0. The summed E-state index contributed by atoms with van der Waals surface area (Å²) in [5, 5.41) is 10.0. The van der Waals surface area contributed by atoms with Gasteiger partial charge >= 0.3 is 0 Å². The molecule has 1 aromatic heterocycles. The van der Waals surface area contributed by atoms with E-state index in [0.29, 0.717) is 13.1 Å². The number of anilines is 1. The van der Waals surface area contributed by atoms with Gasteiger partial charge in [-0.05, 0) is 25.0 Å². The number of allylic oxidation sites excluding steroid dienone is 1. The Balaban J connectivity index is 2.08. The molecule has 1 aliphatic heterocycles. The van der Waals surface area contributed by atoms with Crippen LogP contribution in [-0.4, -0.2) is 36.3 Å². The lowest BCUT2D eigenvalue weighted by Crippen LogP contribution is -2.52. The molecule has 0 bridgehead atoms. The minimum Gasteiger partial charge on any atom is -0.327 e. The zero-order chi connectivity index (χ0) is 16.3. The summed E-state index contributed by atoms with van der Waals surface area (Å²) in [6.07, 6.45) is 1.64. The Morgan fingerprint density at radius 1 is 1.41 bits per heavy atom. The van der Waals surface area contributed by atoms with Crippen molar-refractivity contribution in [3.63, 3.8) is 0 Å². The van der Waals surface area contributed by atoms with Gasteiger partial charge in [-0.2, -0.15) is 5.26 Å². The van der Waals surface area contributed by atoms with Crippen LogP contribution in [0.2, 0.25) is 0 Å². The van der Waals surface area contributed by atoms with Gasteiger partial charge in [0.2, 0.25) is 5.91 Å². The molecule has 0 radical (unpaired) electrons. The van der Waals surface area contributed by atoms with Crippen LogP contribution in [0.1, 0.15) is 18.7 Å². The highest BCUT2D eigenvalue weighted by atomic mass is 32.1. The smallest absolute Gasteiger partial charge is 0.264 e. The standard InChI is InChI=1S/C16H19N3O2S/c1-11(2)8-13(9-17)16(21)18-6-7-19(14(20)10-18)15-5-4-12(3)22-15/h4-5,8,11H,6-7,10H2,1-3H3/b13-8+. The number of nitrogens with zero attached hydrogens (tertiary/aromatic N) is 3. The minimum absolute atomic E-state index is 0.0207. The molecular formula is C16H19N3O2S. The zero-order valence-electron chi connectivity index (χ0n) is 13.0. The van der Waals surface area contributed by atoms with Crippen LogP contribution in [0.4, 0.5) is 5.00 Å². The maximum atomic E-state index is 12.3. The predicted molar refractivity (Wildman–Crippen MR) is 86.5 cm³/mol. The molecule has 116 valence electrons. The average molecular weight is 317 g/mol. The summed E-state index contributed by atoms with van der Waals surface area (Å²) in [5.41, 5.74) is 0.114. The Labute approximate surface area is 134 Å². The third-order valence-electron chi connectivity index (χ3n) is 3.35. The molecule has 0 spiro atoms. The summed E-state index contributed by atoms with van der Waals surface area (Å²) >= 11 is 1.56. The first-order valence-corrected chi connectivity index (χ1v) is 8.02. The number of hydrogen-bond acceptors (Lipinski definition) is 4. The summed E-state index contributed by atoms with van der Waals surface area (Å²) in [7, 11) is 0. The first-order chi connectivity index (χ1) is 10.4. The van der Waals surface area contributed by atoms with Crippen LogP contribution in [0.25, 0.3) is 0 Å². The van der Waals surface area contributed by atoms with Gasteiger partial charge in [0.25, 0.3) is 5.91 Å². The van der Waals surface area contributed by atoms with Gasteiger partial charge in [-0.3, -0.25) is 9.59 Å². The third-order valence-corrected chi connectivity index (χ3v) is 4.37. The molecule has 0 aromatic carbocycles. The van der Waals surface area contributed by atoms with Crippen LogP contribution < -0.4 is 4.90 Å². The maximum Gasteiger partial charge on any atom is 0.264 e. The van der Waals surface area contributed by atoms with E-state index in [1.54, 1.807) is 22.3 Å². The lowest BCUT2D eigenvalue weighted by atomic mass is 10.1. The van der Waals surface area contributed by atoms with Crippen LogP contribution in [-0.2, 0) is 9.59 Å². The van der Waals surface area contributed by atoms with Gasteiger partial charge < -0.3 is 9.80 Å². The van der Waals surface area contributed by atoms with Crippen molar-refractivity contribution in [3.8, 4) is 6.07 Å². The Hall–Kier alpha value is -2.13. The second kappa shape index (κ2) is 6.75. The Morgan fingerprint density at radius 2 is 2.14 bits per heavy atom. The monoisotopic (exact) mass is 317 g/mol. The number of thiophene rings is 1. The van der Waals surface area contributed by atoms with E-state index in [4.69, 9.17) is 5.26 Å².